The van der Waals surface area contributed by atoms with E-state index < -0.39 is 6.10 Å². The third kappa shape index (κ3) is 3.25. The standard InChI is InChI=1S/C9H8Cl2O2/c1-6(5-12)13-9-3-7(10)2-8(11)4-9/h2-6H,1H3. The number of halogens is 2. The highest BCUT2D eigenvalue weighted by Gasteiger charge is 2.03. The first-order valence-corrected chi connectivity index (χ1v) is 4.45. The van der Waals surface area contributed by atoms with Crippen molar-refractivity contribution in [3.8, 4) is 5.75 Å². The number of aldehydes is 1. The summed E-state index contributed by atoms with van der Waals surface area (Å²) in [5.74, 6) is 0.497. The maximum Gasteiger partial charge on any atom is 0.160 e. The molecule has 0 N–H and O–H groups in total. The second-order valence-corrected chi connectivity index (χ2v) is 3.44. The van der Waals surface area contributed by atoms with Crippen LogP contribution in [0.15, 0.2) is 18.2 Å². The van der Waals surface area contributed by atoms with Gasteiger partial charge in [0.05, 0.1) is 0 Å². The molecule has 0 saturated heterocycles. The van der Waals surface area contributed by atoms with E-state index in [1.165, 1.54) is 0 Å². The van der Waals surface area contributed by atoms with E-state index >= 15 is 0 Å². The van der Waals surface area contributed by atoms with Crippen LogP contribution in [0.25, 0.3) is 0 Å². The first-order valence-electron chi connectivity index (χ1n) is 3.70. The predicted octanol–water partition coefficient (Wildman–Crippen LogP) is 2.96. The van der Waals surface area contributed by atoms with Crippen molar-refractivity contribution >= 4 is 29.5 Å². The Labute approximate surface area is 86.4 Å². The number of ether oxygens (including phenoxy) is 1. The van der Waals surface area contributed by atoms with Gasteiger partial charge in [-0.05, 0) is 25.1 Å². The van der Waals surface area contributed by atoms with Gasteiger partial charge in [-0.15, -0.1) is 0 Å². The molecule has 1 aromatic rings. The lowest BCUT2D eigenvalue weighted by Gasteiger charge is -2.08. The van der Waals surface area contributed by atoms with E-state index in [0.29, 0.717) is 22.1 Å². The Morgan fingerprint density at radius 3 is 2.31 bits per heavy atom. The predicted molar refractivity (Wildman–Crippen MR) is 52.6 cm³/mol. The van der Waals surface area contributed by atoms with E-state index in [0.717, 1.165) is 0 Å². The van der Waals surface area contributed by atoms with Crippen molar-refractivity contribution < 1.29 is 9.53 Å². The van der Waals surface area contributed by atoms with Gasteiger partial charge in [0.15, 0.2) is 12.4 Å². The summed E-state index contributed by atoms with van der Waals surface area (Å²) in [4.78, 5) is 10.3. The maximum absolute atomic E-state index is 10.3. The minimum Gasteiger partial charge on any atom is -0.483 e. The molecule has 0 spiro atoms. The Kier molecular flexibility index (Phi) is 3.58. The third-order valence-corrected chi connectivity index (χ3v) is 1.79. The molecule has 70 valence electrons. The Hall–Kier alpha value is -0.730. The van der Waals surface area contributed by atoms with Crippen molar-refractivity contribution in [1.82, 2.24) is 0 Å². The Bertz CT molecular complexity index is 292. The largest absolute Gasteiger partial charge is 0.483 e. The highest BCUT2D eigenvalue weighted by atomic mass is 35.5. The molecule has 1 aromatic carbocycles. The van der Waals surface area contributed by atoms with E-state index in [4.69, 9.17) is 27.9 Å². The van der Waals surface area contributed by atoms with Gasteiger partial charge in [0.25, 0.3) is 0 Å². The first kappa shape index (κ1) is 10.4. The molecule has 1 unspecified atom stereocenters. The van der Waals surface area contributed by atoms with Crippen LogP contribution in [0.1, 0.15) is 6.92 Å². The number of hydrogen-bond donors (Lipinski definition) is 0. The van der Waals surface area contributed by atoms with Gasteiger partial charge < -0.3 is 4.74 Å². The van der Waals surface area contributed by atoms with Gasteiger partial charge >= 0.3 is 0 Å². The lowest BCUT2D eigenvalue weighted by atomic mass is 10.3. The molecule has 4 heteroatoms. The number of carbonyl (C=O) groups is 1. The first-order chi connectivity index (χ1) is 6.11. The van der Waals surface area contributed by atoms with Crippen LogP contribution in [0, 0.1) is 0 Å². The van der Waals surface area contributed by atoms with Crippen LogP contribution in [-0.2, 0) is 4.79 Å². The molecule has 0 bridgehead atoms. The summed E-state index contributed by atoms with van der Waals surface area (Å²) in [6, 6.07) is 4.81. The topological polar surface area (TPSA) is 26.3 Å². The van der Waals surface area contributed by atoms with Crippen LogP contribution < -0.4 is 4.74 Å². The summed E-state index contributed by atoms with van der Waals surface area (Å²) >= 11 is 11.4. The smallest absolute Gasteiger partial charge is 0.160 e. The summed E-state index contributed by atoms with van der Waals surface area (Å²) < 4.78 is 5.19. The number of rotatable bonds is 3. The fourth-order valence-electron chi connectivity index (χ4n) is 0.839. The van der Waals surface area contributed by atoms with E-state index in [2.05, 4.69) is 0 Å². The van der Waals surface area contributed by atoms with Crippen LogP contribution in [0.5, 0.6) is 5.75 Å². The molecule has 0 amide bonds. The molecule has 0 heterocycles. The van der Waals surface area contributed by atoms with Crippen LogP contribution in [0.2, 0.25) is 10.0 Å². The average Bonchev–Trinajstić information content (AvgIpc) is 2.02. The lowest BCUT2D eigenvalue weighted by Crippen LogP contribution is -2.12. The van der Waals surface area contributed by atoms with Crippen molar-refractivity contribution in [2.75, 3.05) is 0 Å². The molecule has 0 aliphatic carbocycles. The minimum atomic E-state index is -0.491. The van der Waals surface area contributed by atoms with Gasteiger partial charge in [0.1, 0.15) is 5.75 Å². The van der Waals surface area contributed by atoms with Gasteiger partial charge in [0.2, 0.25) is 0 Å². The highest BCUT2D eigenvalue weighted by Crippen LogP contribution is 2.24. The molecule has 2 nitrogen and oxygen atoms in total. The van der Waals surface area contributed by atoms with Crippen LogP contribution in [0.4, 0.5) is 0 Å². The van der Waals surface area contributed by atoms with E-state index in [9.17, 15) is 4.79 Å². The third-order valence-electron chi connectivity index (χ3n) is 1.35. The maximum atomic E-state index is 10.3. The molecule has 1 atom stereocenters. The quantitative estimate of drug-likeness (QED) is 0.730. The molecule has 13 heavy (non-hydrogen) atoms. The fraction of sp³-hybridized carbons (Fsp3) is 0.222. The van der Waals surface area contributed by atoms with E-state index in [1.54, 1.807) is 25.1 Å². The van der Waals surface area contributed by atoms with E-state index in [1.807, 2.05) is 0 Å². The molecular weight excluding hydrogens is 211 g/mol. The van der Waals surface area contributed by atoms with Crippen molar-refractivity contribution in [2.24, 2.45) is 0 Å². The summed E-state index contributed by atoms with van der Waals surface area (Å²) in [5.41, 5.74) is 0. The number of carbonyl (C=O) groups excluding carboxylic acids is 1. The van der Waals surface area contributed by atoms with Gasteiger partial charge in [-0.25, -0.2) is 0 Å². The van der Waals surface area contributed by atoms with Crippen molar-refractivity contribution in [3.05, 3.63) is 28.2 Å². The SMILES string of the molecule is CC(C=O)Oc1cc(Cl)cc(Cl)c1. The molecule has 0 aliphatic heterocycles. The minimum absolute atomic E-state index is 0.487. The van der Waals surface area contributed by atoms with Crippen LogP contribution >= 0.6 is 23.2 Å². The Morgan fingerprint density at radius 2 is 1.85 bits per heavy atom. The summed E-state index contributed by atoms with van der Waals surface area (Å²) in [6.45, 7) is 1.64. The Balaban J connectivity index is 2.82. The summed E-state index contributed by atoms with van der Waals surface area (Å²) in [5, 5.41) is 0.973. The molecule has 0 fully saturated rings. The lowest BCUT2D eigenvalue weighted by molar-refractivity contribution is -0.113. The zero-order valence-corrected chi connectivity index (χ0v) is 8.47. The average molecular weight is 219 g/mol. The van der Waals surface area contributed by atoms with Crippen molar-refractivity contribution in [2.45, 2.75) is 13.0 Å². The van der Waals surface area contributed by atoms with Crippen LogP contribution in [-0.4, -0.2) is 12.4 Å². The molecule has 0 radical (unpaired) electrons. The van der Waals surface area contributed by atoms with Crippen molar-refractivity contribution in [3.63, 3.8) is 0 Å². The number of hydrogen-bond acceptors (Lipinski definition) is 2. The summed E-state index contributed by atoms with van der Waals surface area (Å²) in [7, 11) is 0. The highest BCUT2D eigenvalue weighted by molar-refractivity contribution is 6.34. The zero-order valence-electron chi connectivity index (χ0n) is 6.96. The molecule has 0 aliphatic rings. The van der Waals surface area contributed by atoms with Crippen LogP contribution in [0.3, 0.4) is 0 Å². The van der Waals surface area contributed by atoms with Gasteiger partial charge in [-0.2, -0.15) is 0 Å². The molecule has 1 rings (SSSR count). The van der Waals surface area contributed by atoms with E-state index in [-0.39, 0.29) is 0 Å². The van der Waals surface area contributed by atoms with Gasteiger partial charge in [-0.1, -0.05) is 23.2 Å². The van der Waals surface area contributed by atoms with Gasteiger partial charge in [0, 0.05) is 10.0 Å². The normalized spacial score (nSPS) is 12.2. The number of benzene rings is 1. The fourth-order valence-corrected chi connectivity index (χ4v) is 1.35. The summed E-state index contributed by atoms with van der Waals surface area (Å²) in [6.07, 6.45) is 0.212. The second-order valence-electron chi connectivity index (χ2n) is 2.56. The van der Waals surface area contributed by atoms with Gasteiger partial charge in [-0.3, -0.25) is 4.79 Å². The molecular formula is C9H8Cl2O2. The Morgan fingerprint density at radius 1 is 1.31 bits per heavy atom. The zero-order chi connectivity index (χ0) is 9.84. The monoisotopic (exact) mass is 218 g/mol. The molecule has 0 aromatic heterocycles. The molecule has 0 saturated carbocycles. The second kappa shape index (κ2) is 4.49. The van der Waals surface area contributed by atoms with Crippen molar-refractivity contribution in [1.29, 1.82) is 0 Å².